The molecule has 0 atom stereocenters. The van der Waals surface area contributed by atoms with E-state index < -0.39 is 17.1 Å². The molecule has 1 saturated heterocycles. The highest BCUT2D eigenvalue weighted by atomic mass is 32.1. The van der Waals surface area contributed by atoms with E-state index >= 15 is 4.39 Å². The Morgan fingerprint density at radius 3 is 2.57 bits per heavy atom. The predicted octanol–water partition coefficient (Wildman–Crippen LogP) is 5.61. The Balaban J connectivity index is 0.939. The molecule has 4 heterocycles. The fourth-order valence-electron chi connectivity index (χ4n) is 5.64. The molecule has 0 bridgehead atoms. The summed E-state index contributed by atoms with van der Waals surface area (Å²) < 4.78 is 28.9. The number of benzene rings is 2. The van der Waals surface area contributed by atoms with Crippen molar-refractivity contribution in [3.8, 4) is 21.9 Å². The second kappa shape index (κ2) is 13.9. The van der Waals surface area contributed by atoms with Crippen LogP contribution in [-0.2, 0) is 27.4 Å². The van der Waals surface area contributed by atoms with Crippen molar-refractivity contribution < 1.29 is 28.2 Å². The van der Waals surface area contributed by atoms with E-state index in [1.807, 2.05) is 36.5 Å². The molecular weight excluding hydrogens is 647 g/mol. The van der Waals surface area contributed by atoms with Crippen LogP contribution in [0.1, 0.15) is 28.8 Å². The third-order valence-corrected chi connectivity index (χ3v) is 10.1. The molecule has 3 aromatic heterocycles. The fraction of sp³-hybridized carbons (Fsp3) is 0.306. The van der Waals surface area contributed by atoms with Crippen LogP contribution in [0.15, 0.2) is 73.2 Å². The molecule has 0 radical (unpaired) electrons. The number of likely N-dealkylation sites (N-methyl/N-ethyl adjacent to an activating group) is 1. The first-order valence-corrected chi connectivity index (χ1v) is 16.9. The van der Waals surface area contributed by atoms with Gasteiger partial charge in [-0.1, -0.05) is 12.1 Å². The number of anilines is 1. The molecule has 13 heteroatoms. The second-order valence-corrected chi connectivity index (χ2v) is 13.6. The highest BCUT2D eigenvalue weighted by Crippen LogP contribution is 2.44. The van der Waals surface area contributed by atoms with Gasteiger partial charge in [-0.25, -0.2) is 9.18 Å². The van der Waals surface area contributed by atoms with Crippen LogP contribution in [0.3, 0.4) is 0 Å². The largest absolute Gasteiger partial charge is 0.460 e. The molecule has 2 aromatic carbocycles. The number of esters is 1. The number of aldehydes is 1. The van der Waals surface area contributed by atoms with E-state index in [4.69, 9.17) is 9.47 Å². The first-order valence-electron chi connectivity index (χ1n) is 16.1. The first kappa shape index (κ1) is 32.6. The monoisotopic (exact) mass is 682 g/mol. The third kappa shape index (κ3) is 7.38. The molecule has 1 saturated carbocycles. The van der Waals surface area contributed by atoms with Crippen LogP contribution in [0.5, 0.6) is 11.5 Å². The van der Waals surface area contributed by atoms with E-state index in [-0.39, 0.29) is 24.0 Å². The average molecular weight is 683 g/mol. The van der Waals surface area contributed by atoms with Gasteiger partial charge in [-0.2, -0.15) is 5.10 Å². The zero-order valence-corrected chi connectivity index (χ0v) is 27.7. The van der Waals surface area contributed by atoms with Gasteiger partial charge in [0.15, 0.2) is 11.6 Å². The average Bonchev–Trinajstić information content (AvgIpc) is 3.56. The Hall–Kier alpha value is -4.98. The molecule has 7 rings (SSSR count). The Morgan fingerprint density at radius 2 is 1.84 bits per heavy atom. The SMILES string of the molecule is CN1CCN(Cc2ccc(C(=O)OCCn3cc(-c4cc5nccc(Oc6ccc(NC(=O)C7(C=O)CC7)cc6F)c5s4)cn3)cc2)CC1. The minimum absolute atomic E-state index is 0.0130. The van der Waals surface area contributed by atoms with Crippen molar-refractivity contribution in [2.24, 2.45) is 5.41 Å². The summed E-state index contributed by atoms with van der Waals surface area (Å²) in [6.07, 6.45) is 6.84. The van der Waals surface area contributed by atoms with E-state index in [9.17, 15) is 14.4 Å². The molecule has 0 unspecified atom stereocenters. The normalized spacial score (nSPS) is 16.0. The molecule has 2 aliphatic rings. The Morgan fingerprint density at radius 1 is 1.04 bits per heavy atom. The summed E-state index contributed by atoms with van der Waals surface area (Å²) in [7, 11) is 2.14. The third-order valence-electron chi connectivity index (χ3n) is 8.91. The number of hydrogen-bond donors (Lipinski definition) is 1. The fourth-order valence-corrected chi connectivity index (χ4v) is 6.68. The molecule has 252 valence electrons. The quantitative estimate of drug-likeness (QED) is 0.102. The van der Waals surface area contributed by atoms with Crippen LogP contribution in [0, 0.1) is 11.2 Å². The molecule has 2 fully saturated rings. The zero-order valence-electron chi connectivity index (χ0n) is 26.9. The number of amides is 1. The number of carbonyl (C=O) groups is 3. The number of ether oxygens (including phenoxy) is 2. The van der Waals surface area contributed by atoms with Gasteiger partial charge in [0, 0.05) is 73.4 Å². The van der Waals surface area contributed by atoms with Crippen LogP contribution >= 0.6 is 11.3 Å². The van der Waals surface area contributed by atoms with Gasteiger partial charge >= 0.3 is 5.97 Å². The van der Waals surface area contributed by atoms with Crippen molar-refractivity contribution in [1.82, 2.24) is 24.6 Å². The minimum Gasteiger partial charge on any atom is -0.460 e. The van der Waals surface area contributed by atoms with Crippen molar-refractivity contribution in [1.29, 1.82) is 0 Å². The van der Waals surface area contributed by atoms with E-state index in [2.05, 4.69) is 32.2 Å². The maximum atomic E-state index is 15.0. The Bertz CT molecular complexity index is 2000. The summed E-state index contributed by atoms with van der Waals surface area (Å²) in [6, 6.07) is 15.3. The molecule has 11 nitrogen and oxygen atoms in total. The number of carbonyl (C=O) groups excluding carboxylic acids is 3. The van der Waals surface area contributed by atoms with Crippen molar-refractivity contribution in [3.05, 3.63) is 90.1 Å². The molecule has 49 heavy (non-hydrogen) atoms. The van der Waals surface area contributed by atoms with Gasteiger partial charge in [0.1, 0.15) is 24.1 Å². The van der Waals surface area contributed by atoms with Gasteiger partial charge in [-0.15, -0.1) is 11.3 Å². The van der Waals surface area contributed by atoms with Crippen LogP contribution < -0.4 is 10.1 Å². The van der Waals surface area contributed by atoms with Crippen LogP contribution in [0.2, 0.25) is 0 Å². The topological polar surface area (TPSA) is 119 Å². The van der Waals surface area contributed by atoms with Crippen LogP contribution in [0.25, 0.3) is 20.7 Å². The number of halogens is 1. The molecular formula is C36H35FN6O5S. The Kier molecular flexibility index (Phi) is 9.21. The predicted molar refractivity (Wildman–Crippen MR) is 183 cm³/mol. The second-order valence-electron chi connectivity index (χ2n) is 12.5. The van der Waals surface area contributed by atoms with Gasteiger partial charge in [-0.3, -0.25) is 19.4 Å². The molecule has 5 aromatic rings. The van der Waals surface area contributed by atoms with Gasteiger partial charge in [0.2, 0.25) is 5.91 Å². The molecule has 1 N–H and O–H groups in total. The summed E-state index contributed by atoms with van der Waals surface area (Å²) in [5, 5.41) is 7.04. The van der Waals surface area contributed by atoms with Gasteiger partial charge < -0.3 is 24.5 Å². The summed E-state index contributed by atoms with van der Waals surface area (Å²) >= 11 is 1.43. The van der Waals surface area contributed by atoms with Crippen molar-refractivity contribution in [3.63, 3.8) is 0 Å². The van der Waals surface area contributed by atoms with Crippen LogP contribution in [0.4, 0.5) is 10.1 Å². The number of hydrogen-bond acceptors (Lipinski definition) is 10. The van der Waals surface area contributed by atoms with Gasteiger partial charge in [0.25, 0.3) is 0 Å². The highest BCUT2D eigenvalue weighted by molar-refractivity contribution is 7.22. The molecule has 1 aliphatic carbocycles. The maximum absolute atomic E-state index is 15.0. The maximum Gasteiger partial charge on any atom is 0.338 e. The Labute approximate surface area is 286 Å². The molecule has 1 aliphatic heterocycles. The lowest BCUT2D eigenvalue weighted by molar-refractivity contribution is -0.126. The van der Waals surface area contributed by atoms with Crippen LogP contribution in [-0.4, -0.2) is 82.6 Å². The number of nitrogens with zero attached hydrogens (tertiary/aromatic N) is 5. The standard InChI is InChI=1S/C36H35FN6O5S/c1-41-12-14-42(15-13-41)21-24-2-4-25(5-3-24)34(45)47-17-16-43-22-26(20-39-43)32-19-29-33(49-32)31(8-11-38-29)48-30-7-6-27(18-28(30)37)40-35(46)36(23-44)9-10-36/h2-8,11,18-20,22-23H,9-10,12-17,21H2,1H3,(H,40,46). The van der Waals surface area contributed by atoms with Gasteiger partial charge in [0.05, 0.1) is 28.5 Å². The number of fused-ring (bicyclic) bond motifs is 1. The van der Waals surface area contributed by atoms with E-state index in [0.717, 1.165) is 47.9 Å². The number of thiophene rings is 1. The number of rotatable bonds is 12. The number of pyridine rings is 1. The van der Waals surface area contributed by atoms with Crippen molar-refractivity contribution in [2.75, 3.05) is 45.2 Å². The summed E-state index contributed by atoms with van der Waals surface area (Å²) in [6.45, 7) is 5.63. The number of aromatic nitrogens is 3. The smallest absolute Gasteiger partial charge is 0.338 e. The summed E-state index contributed by atoms with van der Waals surface area (Å²) in [5.74, 6) is -1.04. The lowest BCUT2D eigenvalue weighted by Crippen LogP contribution is -2.43. The van der Waals surface area contributed by atoms with Gasteiger partial charge in [-0.05, 0) is 55.8 Å². The molecule has 1 amide bonds. The molecule has 0 spiro atoms. The minimum atomic E-state index is -0.994. The van der Waals surface area contributed by atoms with E-state index in [1.54, 1.807) is 23.1 Å². The number of nitrogens with one attached hydrogen (secondary N) is 1. The first-order chi connectivity index (χ1) is 23.8. The van der Waals surface area contributed by atoms with Crippen molar-refractivity contribution >= 4 is 45.4 Å². The zero-order chi connectivity index (χ0) is 34.0. The van der Waals surface area contributed by atoms with E-state index in [0.29, 0.717) is 42.5 Å². The summed E-state index contributed by atoms with van der Waals surface area (Å²) in [5.41, 5.74) is 2.48. The highest BCUT2D eigenvalue weighted by Gasteiger charge is 2.50. The van der Waals surface area contributed by atoms with E-state index in [1.165, 1.54) is 35.1 Å². The lowest BCUT2D eigenvalue weighted by atomic mass is 10.1. The lowest BCUT2D eigenvalue weighted by Gasteiger charge is -2.32. The summed E-state index contributed by atoms with van der Waals surface area (Å²) in [4.78, 5) is 46.3. The number of piperazine rings is 1. The van der Waals surface area contributed by atoms with Crippen molar-refractivity contribution in [2.45, 2.75) is 25.9 Å².